The lowest BCUT2D eigenvalue weighted by atomic mass is 10.2. The van der Waals surface area contributed by atoms with Crippen molar-refractivity contribution in [2.45, 2.75) is 39.3 Å². The van der Waals surface area contributed by atoms with Crippen LogP contribution in [0.3, 0.4) is 0 Å². The van der Waals surface area contributed by atoms with Crippen LogP contribution < -0.4 is 11.1 Å². The van der Waals surface area contributed by atoms with Crippen molar-refractivity contribution >= 4 is 11.6 Å². The predicted octanol–water partition coefficient (Wildman–Crippen LogP) is 1.64. The number of rotatable bonds is 7. The van der Waals surface area contributed by atoms with E-state index in [1.807, 2.05) is 11.5 Å². The van der Waals surface area contributed by atoms with Crippen molar-refractivity contribution in [3.8, 4) is 0 Å². The maximum Gasteiger partial charge on any atom is 0.268 e. The highest BCUT2D eigenvalue weighted by Gasteiger charge is 2.16. The van der Waals surface area contributed by atoms with Gasteiger partial charge in [-0.2, -0.15) is 0 Å². The molecule has 0 spiro atoms. The van der Waals surface area contributed by atoms with E-state index in [9.17, 15) is 4.79 Å². The highest BCUT2D eigenvalue weighted by Crippen LogP contribution is 2.11. The SMILES string of the molecule is CCCn1cc(N)cc1C(=O)NC(CC)COC. The minimum Gasteiger partial charge on any atom is -0.397 e. The monoisotopic (exact) mass is 253 g/mol. The molecule has 1 amide bonds. The Kier molecular flexibility index (Phi) is 5.71. The molecule has 5 heteroatoms. The maximum atomic E-state index is 12.2. The molecule has 0 aromatic carbocycles. The van der Waals surface area contributed by atoms with Gasteiger partial charge < -0.3 is 20.4 Å². The number of nitrogens with zero attached hydrogens (tertiary/aromatic N) is 1. The topological polar surface area (TPSA) is 69.3 Å². The van der Waals surface area contributed by atoms with E-state index < -0.39 is 0 Å². The number of ether oxygens (including phenoxy) is 1. The van der Waals surface area contributed by atoms with E-state index in [2.05, 4.69) is 12.2 Å². The van der Waals surface area contributed by atoms with Gasteiger partial charge in [0.2, 0.25) is 0 Å². The zero-order valence-electron chi connectivity index (χ0n) is 11.4. The Hall–Kier alpha value is -1.49. The standard InChI is InChI=1S/C13H23N3O2/c1-4-6-16-8-10(14)7-12(16)13(17)15-11(5-2)9-18-3/h7-8,11H,4-6,9,14H2,1-3H3,(H,15,17). The number of aryl methyl sites for hydroxylation is 1. The van der Waals surface area contributed by atoms with Crippen LogP contribution in [-0.2, 0) is 11.3 Å². The molecule has 0 saturated carbocycles. The summed E-state index contributed by atoms with van der Waals surface area (Å²) in [6.07, 6.45) is 3.60. The normalized spacial score (nSPS) is 12.4. The van der Waals surface area contributed by atoms with E-state index in [1.165, 1.54) is 0 Å². The molecular weight excluding hydrogens is 230 g/mol. The summed E-state index contributed by atoms with van der Waals surface area (Å²) in [6, 6.07) is 1.75. The van der Waals surface area contributed by atoms with Crippen LogP contribution in [0.15, 0.2) is 12.3 Å². The predicted molar refractivity (Wildman–Crippen MR) is 72.6 cm³/mol. The molecule has 18 heavy (non-hydrogen) atoms. The Morgan fingerprint density at radius 2 is 2.28 bits per heavy atom. The Morgan fingerprint density at radius 1 is 1.56 bits per heavy atom. The molecule has 0 fully saturated rings. The number of methoxy groups -OCH3 is 1. The van der Waals surface area contributed by atoms with E-state index in [0.29, 0.717) is 18.0 Å². The molecule has 0 saturated heterocycles. The molecule has 102 valence electrons. The van der Waals surface area contributed by atoms with Gasteiger partial charge in [0, 0.05) is 19.9 Å². The van der Waals surface area contributed by atoms with Crippen LogP contribution in [0.4, 0.5) is 5.69 Å². The number of nitrogen functional groups attached to an aromatic ring is 1. The molecule has 0 bridgehead atoms. The van der Waals surface area contributed by atoms with Gasteiger partial charge in [-0.15, -0.1) is 0 Å². The Bertz CT molecular complexity index is 388. The first-order valence-electron chi connectivity index (χ1n) is 6.37. The molecule has 1 unspecified atom stereocenters. The molecule has 1 aromatic rings. The van der Waals surface area contributed by atoms with Crippen LogP contribution in [0, 0.1) is 0 Å². The summed E-state index contributed by atoms with van der Waals surface area (Å²) in [5, 5.41) is 2.96. The van der Waals surface area contributed by atoms with E-state index in [0.717, 1.165) is 19.4 Å². The average molecular weight is 253 g/mol. The van der Waals surface area contributed by atoms with E-state index in [1.54, 1.807) is 19.4 Å². The number of amides is 1. The highest BCUT2D eigenvalue weighted by molar-refractivity contribution is 5.94. The van der Waals surface area contributed by atoms with Crippen molar-refractivity contribution in [3.05, 3.63) is 18.0 Å². The number of nitrogens with two attached hydrogens (primary N) is 1. The van der Waals surface area contributed by atoms with Crippen molar-refractivity contribution < 1.29 is 9.53 Å². The Morgan fingerprint density at radius 3 is 2.83 bits per heavy atom. The largest absolute Gasteiger partial charge is 0.397 e. The molecule has 3 N–H and O–H groups in total. The lowest BCUT2D eigenvalue weighted by Gasteiger charge is -2.16. The molecule has 1 heterocycles. The number of hydrogen-bond donors (Lipinski definition) is 2. The first-order valence-corrected chi connectivity index (χ1v) is 6.37. The fourth-order valence-corrected chi connectivity index (χ4v) is 1.87. The summed E-state index contributed by atoms with van der Waals surface area (Å²) in [7, 11) is 1.63. The summed E-state index contributed by atoms with van der Waals surface area (Å²) in [5.74, 6) is -0.0935. The van der Waals surface area contributed by atoms with Crippen LogP contribution in [0.2, 0.25) is 0 Å². The third-order valence-electron chi connectivity index (χ3n) is 2.81. The summed E-state index contributed by atoms with van der Waals surface area (Å²) in [6.45, 7) is 5.40. The van der Waals surface area contributed by atoms with Crippen LogP contribution in [0.25, 0.3) is 0 Å². The van der Waals surface area contributed by atoms with Crippen molar-refractivity contribution in [1.29, 1.82) is 0 Å². The summed E-state index contributed by atoms with van der Waals surface area (Å²) in [5.41, 5.74) is 6.98. The van der Waals surface area contributed by atoms with Crippen molar-refractivity contribution in [1.82, 2.24) is 9.88 Å². The van der Waals surface area contributed by atoms with Crippen LogP contribution in [0.1, 0.15) is 37.2 Å². The quantitative estimate of drug-likeness (QED) is 0.776. The second-order valence-electron chi connectivity index (χ2n) is 4.39. The fourth-order valence-electron chi connectivity index (χ4n) is 1.87. The average Bonchev–Trinajstić information content (AvgIpc) is 2.70. The van der Waals surface area contributed by atoms with Gasteiger partial charge in [0.15, 0.2) is 0 Å². The number of anilines is 1. The molecule has 5 nitrogen and oxygen atoms in total. The fraction of sp³-hybridized carbons (Fsp3) is 0.615. The minimum absolute atomic E-state index is 0.0358. The zero-order chi connectivity index (χ0) is 13.5. The van der Waals surface area contributed by atoms with Gasteiger partial charge >= 0.3 is 0 Å². The van der Waals surface area contributed by atoms with E-state index in [4.69, 9.17) is 10.5 Å². The van der Waals surface area contributed by atoms with Crippen LogP contribution in [-0.4, -0.2) is 30.2 Å². The third kappa shape index (κ3) is 3.77. The van der Waals surface area contributed by atoms with Gasteiger partial charge in [-0.1, -0.05) is 13.8 Å². The lowest BCUT2D eigenvalue weighted by molar-refractivity contribution is 0.0885. The number of nitrogens with one attached hydrogen (secondary N) is 1. The number of carbonyl (C=O) groups excluding carboxylic acids is 1. The maximum absolute atomic E-state index is 12.2. The van der Waals surface area contributed by atoms with Crippen molar-refractivity contribution in [2.24, 2.45) is 0 Å². The van der Waals surface area contributed by atoms with Gasteiger partial charge in [-0.05, 0) is 18.9 Å². The lowest BCUT2D eigenvalue weighted by Crippen LogP contribution is -2.38. The van der Waals surface area contributed by atoms with Crippen LogP contribution >= 0.6 is 0 Å². The van der Waals surface area contributed by atoms with Gasteiger partial charge in [0.1, 0.15) is 5.69 Å². The van der Waals surface area contributed by atoms with Gasteiger partial charge in [0.25, 0.3) is 5.91 Å². The third-order valence-corrected chi connectivity index (χ3v) is 2.81. The smallest absolute Gasteiger partial charge is 0.268 e. The summed E-state index contributed by atoms with van der Waals surface area (Å²) < 4.78 is 6.96. The molecule has 1 rings (SSSR count). The van der Waals surface area contributed by atoms with Crippen LogP contribution in [0.5, 0.6) is 0 Å². The number of carbonyl (C=O) groups is 1. The molecule has 1 aromatic heterocycles. The Labute approximate surface area is 108 Å². The zero-order valence-corrected chi connectivity index (χ0v) is 11.4. The van der Waals surface area contributed by atoms with Crippen molar-refractivity contribution in [2.75, 3.05) is 19.5 Å². The molecule has 0 radical (unpaired) electrons. The first-order chi connectivity index (χ1) is 8.62. The van der Waals surface area contributed by atoms with Gasteiger partial charge in [-0.25, -0.2) is 0 Å². The van der Waals surface area contributed by atoms with Crippen molar-refractivity contribution in [3.63, 3.8) is 0 Å². The number of aromatic nitrogens is 1. The first kappa shape index (κ1) is 14.6. The number of hydrogen-bond acceptors (Lipinski definition) is 3. The molecule has 1 atom stereocenters. The molecule has 0 aliphatic carbocycles. The van der Waals surface area contributed by atoms with E-state index >= 15 is 0 Å². The molecule has 0 aliphatic rings. The highest BCUT2D eigenvalue weighted by atomic mass is 16.5. The molecular formula is C13H23N3O2. The van der Waals surface area contributed by atoms with Gasteiger partial charge in [-0.3, -0.25) is 4.79 Å². The summed E-state index contributed by atoms with van der Waals surface area (Å²) in [4.78, 5) is 12.2. The molecule has 0 aliphatic heterocycles. The van der Waals surface area contributed by atoms with E-state index in [-0.39, 0.29) is 11.9 Å². The van der Waals surface area contributed by atoms with Gasteiger partial charge in [0.05, 0.1) is 18.3 Å². The second-order valence-corrected chi connectivity index (χ2v) is 4.39. The minimum atomic E-state index is -0.0935. The summed E-state index contributed by atoms with van der Waals surface area (Å²) >= 11 is 0. The Balaban J connectivity index is 2.76. The second kappa shape index (κ2) is 7.06.